The fraction of sp³-hybridized carbons (Fsp3) is 0.300. The minimum absolute atomic E-state index is 0.0858. The van der Waals surface area contributed by atoms with Gasteiger partial charge in [0.1, 0.15) is 10.7 Å². The van der Waals surface area contributed by atoms with Gasteiger partial charge in [0.15, 0.2) is 0 Å². The van der Waals surface area contributed by atoms with Crippen LogP contribution in [-0.2, 0) is 12.7 Å². The second kappa shape index (κ2) is 9.06. The van der Waals surface area contributed by atoms with Gasteiger partial charge < -0.3 is 9.80 Å². The molecule has 3 rings (SSSR count). The van der Waals surface area contributed by atoms with E-state index in [4.69, 9.17) is 0 Å². The summed E-state index contributed by atoms with van der Waals surface area (Å²) in [6, 6.07) is 8.94. The number of carbonyl (C=O) groups is 1. The third-order valence-corrected chi connectivity index (χ3v) is 6.07. The molecule has 0 aliphatic rings. The van der Waals surface area contributed by atoms with E-state index in [2.05, 4.69) is 4.98 Å². The quantitative estimate of drug-likeness (QED) is 0.514. The molecule has 0 radical (unpaired) electrons. The van der Waals surface area contributed by atoms with Crippen LogP contribution in [0.4, 0.5) is 13.2 Å². The number of likely N-dealkylation sites (N-methyl/N-ethyl adjacent to an activating group) is 1. The number of thiazole rings is 1. The molecule has 154 valence electrons. The molecule has 2 heterocycles. The molecule has 4 nitrogen and oxygen atoms in total. The minimum Gasteiger partial charge on any atom is -0.332 e. The average molecular weight is 440 g/mol. The van der Waals surface area contributed by atoms with Crippen molar-refractivity contribution in [3.8, 4) is 9.88 Å². The fourth-order valence-electron chi connectivity index (χ4n) is 2.69. The van der Waals surface area contributed by atoms with Crippen LogP contribution in [0.15, 0.2) is 47.2 Å². The summed E-state index contributed by atoms with van der Waals surface area (Å²) in [7, 11) is 3.76. The Bertz CT molecular complexity index is 952. The third-order valence-electron chi connectivity index (χ3n) is 4.19. The molecular weight excluding hydrogens is 419 g/mol. The Morgan fingerprint density at radius 1 is 1.10 bits per heavy atom. The van der Waals surface area contributed by atoms with Crippen molar-refractivity contribution in [2.45, 2.75) is 12.7 Å². The molecule has 0 N–H and O–H groups in total. The van der Waals surface area contributed by atoms with E-state index in [0.29, 0.717) is 24.3 Å². The number of carbonyl (C=O) groups excluding carboxylic acids is 1. The lowest BCUT2D eigenvalue weighted by Crippen LogP contribution is -2.36. The lowest BCUT2D eigenvalue weighted by atomic mass is 10.1. The summed E-state index contributed by atoms with van der Waals surface area (Å²) in [6.45, 7) is 1.06. The number of thiophene rings is 1. The van der Waals surface area contributed by atoms with E-state index in [1.54, 1.807) is 16.3 Å². The maximum atomic E-state index is 13.1. The molecule has 0 spiro atoms. The summed E-state index contributed by atoms with van der Waals surface area (Å²) in [5.74, 6) is -0.289. The Kier molecular flexibility index (Phi) is 6.71. The molecule has 0 unspecified atom stereocenters. The van der Waals surface area contributed by atoms with Gasteiger partial charge >= 0.3 is 6.18 Å². The molecule has 0 fully saturated rings. The molecule has 1 amide bonds. The van der Waals surface area contributed by atoms with Crippen LogP contribution < -0.4 is 0 Å². The molecule has 2 aromatic heterocycles. The van der Waals surface area contributed by atoms with Crippen LogP contribution in [0.2, 0.25) is 0 Å². The lowest BCUT2D eigenvalue weighted by Gasteiger charge is -2.24. The van der Waals surface area contributed by atoms with Gasteiger partial charge in [-0.3, -0.25) is 4.79 Å². The van der Waals surface area contributed by atoms with E-state index in [0.717, 1.165) is 22.0 Å². The van der Waals surface area contributed by atoms with Gasteiger partial charge in [-0.25, -0.2) is 4.98 Å². The second-order valence-corrected chi connectivity index (χ2v) is 8.55. The first-order valence-electron chi connectivity index (χ1n) is 8.83. The Balaban J connectivity index is 1.82. The van der Waals surface area contributed by atoms with Crippen LogP contribution in [0.5, 0.6) is 0 Å². The lowest BCUT2D eigenvalue weighted by molar-refractivity contribution is -0.137. The SMILES string of the molecule is CN(C)CCN(Cc1cccc(C(F)(F)F)c1)C(=O)c1csc(-c2cccs2)n1. The van der Waals surface area contributed by atoms with Gasteiger partial charge in [-0.05, 0) is 43.2 Å². The Morgan fingerprint density at radius 3 is 2.55 bits per heavy atom. The highest BCUT2D eigenvalue weighted by Crippen LogP contribution is 2.30. The topological polar surface area (TPSA) is 36.4 Å². The van der Waals surface area contributed by atoms with Crippen molar-refractivity contribution in [3.05, 3.63) is 64.0 Å². The normalized spacial score (nSPS) is 11.8. The van der Waals surface area contributed by atoms with Crippen molar-refractivity contribution in [1.82, 2.24) is 14.8 Å². The highest BCUT2D eigenvalue weighted by molar-refractivity contribution is 7.20. The Morgan fingerprint density at radius 2 is 1.90 bits per heavy atom. The van der Waals surface area contributed by atoms with Gasteiger partial charge in [0.05, 0.1) is 10.4 Å². The van der Waals surface area contributed by atoms with E-state index in [1.807, 2.05) is 36.5 Å². The first-order chi connectivity index (χ1) is 13.7. The summed E-state index contributed by atoms with van der Waals surface area (Å²) in [6.07, 6.45) is -4.42. The zero-order valence-corrected chi connectivity index (χ0v) is 17.6. The smallest absolute Gasteiger partial charge is 0.332 e. The number of benzene rings is 1. The van der Waals surface area contributed by atoms with E-state index < -0.39 is 11.7 Å². The van der Waals surface area contributed by atoms with E-state index in [1.165, 1.54) is 28.7 Å². The average Bonchev–Trinajstić information content (AvgIpc) is 3.35. The number of aromatic nitrogens is 1. The van der Waals surface area contributed by atoms with Gasteiger partial charge in [0.2, 0.25) is 0 Å². The molecular formula is C20H20F3N3OS2. The first kappa shape index (κ1) is 21.5. The van der Waals surface area contributed by atoms with E-state index in [-0.39, 0.29) is 12.5 Å². The monoisotopic (exact) mass is 439 g/mol. The molecule has 0 saturated heterocycles. The summed E-state index contributed by atoms with van der Waals surface area (Å²) in [5.41, 5.74) is 0.0217. The van der Waals surface area contributed by atoms with Gasteiger partial charge in [-0.15, -0.1) is 22.7 Å². The van der Waals surface area contributed by atoms with Crippen LogP contribution in [-0.4, -0.2) is 47.9 Å². The summed E-state index contributed by atoms with van der Waals surface area (Å²) in [4.78, 5) is 21.9. The third kappa shape index (κ3) is 5.65. The van der Waals surface area contributed by atoms with E-state index >= 15 is 0 Å². The van der Waals surface area contributed by atoms with Crippen molar-refractivity contribution in [1.29, 1.82) is 0 Å². The predicted molar refractivity (Wildman–Crippen MR) is 110 cm³/mol. The van der Waals surface area contributed by atoms with E-state index in [9.17, 15) is 18.0 Å². The number of halogens is 3. The van der Waals surface area contributed by atoms with Crippen molar-refractivity contribution in [2.75, 3.05) is 27.2 Å². The summed E-state index contributed by atoms with van der Waals surface area (Å²) >= 11 is 2.92. The second-order valence-electron chi connectivity index (χ2n) is 6.74. The molecule has 0 saturated carbocycles. The van der Waals surface area contributed by atoms with Crippen LogP contribution in [0.25, 0.3) is 9.88 Å². The molecule has 0 aliphatic carbocycles. The van der Waals surface area contributed by atoms with Crippen molar-refractivity contribution in [3.63, 3.8) is 0 Å². The zero-order chi connectivity index (χ0) is 21.0. The van der Waals surface area contributed by atoms with Gasteiger partial charge in [-0.2, -0.15) is 13.2 Å². The summed E-state index contributed by atoms with van der Waals surface area (Å²) < 4.78 is 39.1. The number of nitrogens with zero attached hydrogens (tertiary/aromatic N) is 3. The number of amides is 1. The maximum absolute atomic E-state index is 13.1. The molecule has 1 aromatic carbocycles. The highest BCUT2D eigenvalue weighted by Gasteiger charge is 2.30. The zero-order valence-electron chi connectivity index (χ0n) is 15.9. The van der Waals surface area contributed by atoms with Crippen LogP contribution in [0.3, 0.4) is 0 Å². The fourth-order valence-corrected chi connectivity index (χ4v) is 4.29. The largest absolute Gasteiger partial charge is 0.416 e. The Labute approximate surface area is 175 Å². The molecule has 9 heteroatoms. The molecule has 29 heavy (non-hydrogen) atoms. The van der Waals surface area contributed by atoms with Crippen LogP contribution in [0, 0.1) is 0 Å². The number of rotatable bonds is 7. The maximum Gasteiger partial charge on any atom is 0.416 e. The standard InChI is InChI=1S/C20H20F3N3OS2/c1-25(2)8-9-26(12-14-5-3-6-15(11-14)20(21,22)23)19(27)16-13-29-18(24-16)17-7-4-10-28-17/h3-7,10-11,13H,8-9,12H2,1-2H3. The molecule has 0 atom stereocenters. The van der Waals surface area contributed by atoms with Crippen LogP contribution in [0.1, 0.15) is 21.6 Å². The molecule has 0 aliphatic heterocycles. The van der Waals surface area contributed by atoms with Gasteiger partial charge in [0.25, 0.3) is 5.91 Å². The van der Waals surface area contributed by atoms with Crippen molar-refractivity contribution < 1.29 is 18.0 Å². The number of hydrogen-bond donors (Lipinski definition) is 0. The van der Waals surface area contributed by atoms with Crippen LogP contribution >= 0.6 is 22.7 Å². The highest BCUT2D eigenvalue weighted by atomic mass is 32.1. The summed E-state index contributed by atoms with van der Waals surface area (Å²) in [5, 5.41) is 4.40. The van der Waals surface area contributed by atoms with Crippen molar-refractivity contribution >= 4 is 28.6 Å². The molecule has 3 aromatic rings. The molecule has 0 bridgehead atoms. The van der Waals surface area contributed by atoms with Crippen molar-refractivity contribution in [2.24, 2.45) is 0 Å². The number of alkyl halides is 3. The Hall–Kier alpha value is -2.23. The minimum atomic E-state index is -4.42. The number of hydrogen-bond acceptors (Lipinski definition) is 5. The predicted octanol–water partition coefficient (Wildman–Crippen LogP) is 5.09. The van der Waals surface area contributed by atoms with Gasteiger partial charge in [-0.1, -0.05) is 18.2 Å². The van der Waals surface area contributed by atoms with Gasteiger partial charge in [0, 0.05) is 25.0 Å². The first-order valence-corrected chi connectivity index (χ1v) is 10.6.